The predicted octanol–water partition coefficient (Wildman–Crippen LogP) is 2.49. The molecule has 0 saturated heterocycles. The van der Waals surface area contributed by atoms with Crippen molar-refractivity contribution in [2.45, 2.75) is 25.3 Å². The van der Waals surface area contributed by atoms with Crippen molar-refractivity contribution >= 4 is 17.4 Å². The summed E-state index contributed by atoms with van der Waals surface area (Å²) in [7, 11) is 0. The van der Waals surface area contributed by atoms with Gasteiger partial charge in [-0.3, -0.25) is 0 Å². The summed E-state index contributed by atoms with van der Waals surface area (Å²) in [5.41, 5.74) is 0.691. The van der Waals surface area contributed by atoms with Crippen LogP contribution in [-0.2, 0) is 6.54 Å². The predicted molar refractivity (Wildman–Crippen MR) is 62.6 cm³/mol. The van der Waals surface area contributed by atoms with Crippen LogP contribution in [0.4, 0.5) is 6.01 Å². The van der Waals surface area contributed by atoms with Gasteiger partial charge in [-0.25, -0.2) is 0 Å². The lowest BCUT2D eigenvalue weighted by molar-refractivity contribution is 0.422. The lowest BCUT2D eigenvalue weighted by atomic mass is 10.3. The van der Waals surface area contributed by atoms with Crippen molar-refractivity contribution in [2.75, 3.05) is 5.32 Å². The molecule has 1 saturated carbocycles. The Morgan fingerprint density at radius 3 is 3.18 bits per heavy atom. The molecule has 6 heteroatoms. The highest BCUT2D eigenvalue weighted by molar-refractivity contribution is 7.10. The van der Waals surface area contributed by atoms with Crippen LogP contribution in [0, 0.1) is 11.3 Å². The fourth-order valence-corrected chi connectivity index (χ4v) is 2.26. The van der Waals surface area contributed by atoms with Gasteiger partial charge in [-0.2, -0.15) is 10.2 Å². The average Bonchev–Trinajstić information content (AvgIpc) is 2.93. The number of rotatable bonds is 4. The van der Waals surface area contributed by atoms with Crippen LogP contribution in [0.15, 0.2) is 16.0 Å². The van der Waals surface area contributed by atoms with Gasteiger partial charge < -0.3 is 9.84 Å². The van der Waals surface area contributed by atoms with E-state index < -0.39 is 0 Å². The van der Waals surface area contributed by atoms with Crippen molar-refractivity contribution in [3.8, 4) is 6.07 Å². The SMILES string of the molecule is N#Cc1csc(CNc2nc(C3CC3)no2)c1. The van der Waals surface area contributed by atoms with Gasteiger partial charge in [-0.15, -0.1) is 11.3 Å². The van der Waals surface area contributed by atoms with E-state index in [9.17, 15) is 0 Å². The van der Waals surface area contributed by atoms with Gasteiger partial charge in [-0.05, 0) is 18.9 Å². The second-order valence-electron chi connectivity index (χ2n) is 4.00. The van der Waals surface area contributed by atoms with E-state index in [1.54, 1.807) is 11.3 Å². The molecule has 0 radical (unpaired) electrons. The molecule has 86 valence electrons. The molecule has 3 rings (SSSR count). The summed E-state index contributed by atoms with van der Waals surface area (Å²) in [5, 5.41) is 17.5. The Labute approximate surface area is 102 Å². The van der Waals surface area contributed by atoms with Gasteiger partial charge >= 0.3 is 6.01 Å². The zero-order valence-corrected chi connectivity index (χ0v) is 9.83. The van der Waals surface area contributed by atoms with Crippen molar-refractivity contribution < 1.29 is 4.52 Å². The molecule has 2 aromatic rings. The summed E-state index contributed by atoms with van der Waals surface area (Å²) in [6.45, 7) is 0.610. The van der Waals surface area contributed by atoms with Gasteiger partial charge in [0.05, 0.1) is 12.1 Å². The van der Waals surface area contributed by atoms with Crippen molar-refractivity contribution in [2.24, 2.45) is 0 Å². The summed E-state index contributed by atoms with van der Waals surface area (Å²) < 4.78 is 5.09. The number of anilines is 1. The Morgan fingerprint density at radius 1 is 1.59 bits per heavy atom. The van der Waals surface area contributed by atoms with Gasteiger partial charge in [0.15, 0.2) is 5.82 Å². The molecule has 0 aliphatic heterocycles. The average molecular weight is 246 g/mol. The molecule has 1 N–H and O–H groups in total. The number of nitrogens with zero attached hydrogens (tertiary/aromatic N) is 3. The Hall–Kier alpha value is -1.87. The summed E-state index contributed by atoms with van der Waals surface area (Å²) in [6.07, 6.45) is 2.32. The fourth-order valence-electron chi connectivity index (χ4n) is 1.51. The maximum Gasteiger partial charge on any atom is 0.321 e. The molecule has 1 aliphatic rings. The first kappa shape index (κ1) is 10.3. The largest absolute Gasteiger partial charge is 0.333 e. The Morgan fingerprint density at radius 2 is 2.47 bits per heavy atom. The van der Waals surface area contributed by atoms with Crippen LogP contribution in [0.25, 0.3) is 0 Å². The van der Waals surface area contributed by atoms with Crippen molar-refractivity contribution in [3.05, 3.63) is 27.7 Å². The van der Waals surface area contributed by atoms with Gasteiger partial charge in [0.2, 0.25) is 0 Å². The number of aromatic nitrogens is 2. The van der Waals surface area contributed by atoms with Crippen LogP contribution < -0.4 is 5.32 Å². The normalized spacial score (nSPS) is 14.5. The molecule has 0 bridgehead atoms. The third kappa shape index (κ3) is 2.29. The monoisotopic (exact) mass is 246 g/mol. The minimum absolute atomic E-state index is 0.457. The molecule has 1 aliphatic carbocycles. The van der Waals surface area contributed by atoms with Crippen molar-refractivity contribution in [3.63, 3.8) is 0 Å². The van der Waals surface area contributed by atoms with Gasteiger partial charge in [0.25, 0.3) is 0 Å². The zero-order valence-electron chi connectivity index (χ0n) is 9.01. The molecule has 0 atom stereocenters. The van der Waals surface area contributed by atoms with Crippen LogP contribution in [0.2, 0.25) is 0 Å². The third-order valence-corrected chi connectivity index (χ3v) is 3.52. The molecule has 17 heavy (non-hydrogen) atoms. The van der Waals surface area contributed by atoms with E-state index in [1.165, 1.54) is 0 Å². The highest BCUT2D eigenvalue weighted by atomic mass is 32.1. The smallest absolute Gasteiger partial charge is 0.321 e. The lowest BCUT2D eigenvalue weighted by Crippen LogP contribution is -1.97. The molecule has 5 nitrogen and oxygen atoms in total. The third-order valence-electron chi connectivity index (χ3n) is 2.58. The van der Waals surface area contributed by atoms with Gasteiger partial charge in [-0.1, -0.05) is 5.16 Å². The zero-order chi connectivity index (χ0) is 11.7. The number of thiophene rings is 1. The maximum atomic E-state index is 8.70. The van der Waals surface area contributed by atoms with Crippen LogP contribution in [0.3, 0.4) is 0 Å². The number of nitriles is 1. The van der Waals surface area contributed by atoms with Gasteiger partial charge in [0.1, 0.15) is 6.07 Å². The van der Waals surface area contributed by atoms with Crippen molar-refractivity contribution in [1.29, 1.82) is 5.26 Å². The van der Waals surface area contributed by atoms with Crippen molar-refractivity contribution in [1.82, 2.24) is 10.1 Å². The summed E-state index contributed by atoms with van der Waals surface area (Å²) in [6, 6.07) is 4.42. The highest BCUT2D eigenvalue weighted by Gasteiger charge is 2.28. The standard InChI is InChI=1S/C11H10N4OS/c12-4-7-3-9(17-6-7)5-13-11-14-10(15-16-11)8-1-2-8/h3,6,8H,1-2,5H2,(H,13,14,15). The number of hydrogen-bond acceptors (Lipinski definition) is 6. The molecular formula is C11H10N4OS. The Balaban J connectivity index is 1.61. The number of hydrogen-bond donors (Lipinski definition) is 1. The molecule has 0 amide bonds. The lowest BCUT2D eigenvalue weighted by Gasteiger charge is -1.95. The fraction of sp³-hybridized carbons (Fsp3) is 0.364. The van der Waals surface area contributed by atoms with Crippen LogP contribution in [-0.4, -0.2) is 10.1 Å². The van der Waals surface area contributed by atoms with E-state index in [0.29, 0.717) is 24.0 Å². The molecule has 0 spiro atoms. The molecule has 2 aromatic heterocycles. The Kier molecular flexibility index (Phi) is 2.53. The van der Waals surface area contributed by atoms with E-state index in [1.807, 2.05) is 11.4 Å². The van der Waals surface area contributed by atoms with E-state index in [0.717, 1.165) is 23.5 Å². The minimum Gasteiger partial charge on any atom is -0.333 e. The molecule has 1 fully saturated rings. The van der Waals surface area contributed by atoms with E-state index in [2.05, 4.69) is 21.5 Å². The second-order valence-corrected chi connectivity index (χ2v) is 4.99. The first-order valence-corrected chi connectivity index (χ1v) is 6.28. The van der Waals surface area contributed by atoms with Crippen LogP contribution in [0.5, 0.6) is 0 Å². The van der Waals surface area contributed by atoms with Crippen LogP contribution >= 0.6 is 11.3 Å². The Bertz CT molecular complexity index is 564. The summed E-state index contributed by atoms with van der Waals surface area (Å²) >= 11 is 1.54. The molecule has 0 aromatic carbocycles. The van der Waals surface area contributed by atoms with E-state index in [-0.39, 0.29) is 0 Å². The van der Waals surface area contributed by atoms with Gasteiger partial charge in [0, 0.05) is 16.2 Å². The first-order chi connectivity index (χ1) is 8.35. The van der Waals surface area contributed by atoms with E-state index >= 15 is 0 Å². The minimum atomic E-state index is 0.457. The topological polar surface area (TPSA) is 74.7 Å². The van der Waals surface area contributed by atoms with Crippen LogP contribution in [0.1, 0.15) is 35.0 Å². The molecular weight excluding hydrogens is 236 g/mol. The van der Waals surface area contributed by atoms with E-state index in [4.69, 9.17) is 9.78 Å². The summed E-state index contributed by atoms with van der Waals surface area (Å²) in [5.74, 6) is 1.30. The maximum absolute atomic E-state index is 8.70. The number of nitrogens with one attached hydrogen (secondary N) is 1. The first-order valence-electron chi connectivity index (χ1n) is 5.40. The summed E-state index contributed by atoms with van der Waals surface area (Å²) in [4.78, 5) is 5.34. The second kappa shape index (κ2) is 4.18. The molecule has 0 unspecified atom stereocenters. The molecule has 2 heterocycles. The highest BCUT2D eigenvalue weighted by Crippen LogP contribution is 2.38. The quantitative estimate of drug-likeness (QED) is 0.897.